The van der Waals surface area contributed by atoms with E-state index >= 15 is 0 Å². The summed E-state index contributed by atoms with van der Waals surface area (Å²) in [6.45, 7) is 4.36. The summed E-state index contributed by atoms with van der Waals surface area (Å²) in [6, 6.07) is 8.40. The van der Waals surface area contributed by atoms with Gasteiger partial charge >= 0.3 is 0 Å². The molecule has 1 aromatic heterocycles. The Labute approximate surface area is 156 Å². The van der Waals surface area contributed by atoms with Crippen molar-refractivity contribution in [1.29, 1.82) is 0 Å². The van der Waals surface area contributed by atoms with E-state index in [-0.39, 0.29) is 39.1 Å². The topological polar surface area (TPSA) is 74.4 Å². The van der Waals surface area contributed by atoms with Crippen molar-refractivity contribution >= 4 is 27.0 Å². The van der Waals surface area contributed by atoms with E-state index in [1.54, 1.807) is 6.92 Å². The maximum atomic E-state index is 9.66. The van der Waals surface area contributed by atoms with Crippen LogP contribution in [-0.2, 0) is 0 Å². The van der Waals surface area contributed by atoms with Gasteiger partial charge in [0.2, 0.25) is 11.7 Å². The lowest BCUT2D eigenvalue weighted by Gasteiger charge is -2.23. The van der Waals surface area contributed by atoms with Gasteiger partial charge in [0.05, 0.1) is 6.10 Å². The highest BCUT2D eigenvalue weighted by molar-refractivity contribution is 7.59. The van der Waals surface area contributed by atoms with Crippen LogP contribution in [-0.4, -0.2) is 52.9 Å². The molecule has 0 spiro atoms. The number of hydrogen-bond acceptors (Lipinski definition) is 6. The summed E-state index contributed by atoms with van der Waals surface area (Å²) < 4.78 is 5.05. The molecular weight excluding hydrogens is 344 g/mol. The molecule has 1 aliphatic rings. The molecule has 1 aromatic carbocycles. The molecule has 0 amide bonds. The van der Waals surface area contributed by atoms with E-state index < -0.39 is 0 Å². The lowest BCUT2D eigenvalue weighted by molar-refractivity contribution is 0.173. The predicted molar refractivity (Wildman–Crippen MR) is 104 cm³/mol. The Balaban J connectivity index is 0.00000144. The van der Waals surface area contributed by atoms with Gasteiger partial charge in [-0.1, -0.05) is 23.4 Å². The molecule has 1 aliphatic heterocycles. The number of aliphatic hydroxyl groups is 1. The van der Waals surface area contributed by atoms with E-state index in [1.807, 2.05) is 19.2 Å². The molecule has 2 aromatic rings. The van der Waals surface area contributed by atoms with Crippen molar-refractivity contribution in [1.82, 2.24) is 20.4 Å². The monoisotopic (exact) mass is 370 g/mol. The van der Waals surface area contributed by atoms with Crippen molar-refractivity contribution in [2.24, 2.45) is 0 Å². The van der Waals surface area contributed by atoms with Gasteiger partial charge in [0.25, 0.3) is 0 Å². The predicted octanol–water partition coefficient (Wildman–Crippen LogP) is 1.60. The summed E-state index contributed by atoms with van der Waals surface area (Å²) in [5.74, 6) is 1.18. The summed E-state index contributed by atoms with van der Waals surface area (Å²) in [5, 5.41) is 17.0. The second-order valence-corrected chi connectivity index (χ2v) is 5.81. The van der Waals surface area contributed by atoms with Crippen LogP contribution in [0.5, 0.6) is 0 Å². The van der Waals surface area contributed by atoms with Gasteiger partial charge in [-0.25, -0.2) is 0 Å². The number of nitrogens with zero attached hydrogens (tertiary/aromatic N) is 3. The standard InChI is InChI=1S/C16H22N4O2.2H2S/c1-11-18-16(19-22-11)13-5-3-4-12(8-13)15(17-2)10-20-7-6-14(21)9-20;;/h3-5,8,14-15,17,21H,6-7,9-10H2,1-2H3;2*1H2/t14-,15-;;/m1../s1. The van der Waals surface area contributed by atoms with Crippen LogP contribution in [0.1, 0.15) is 23.9 Å². The fourth-order valence-corrected chi connectivity index (χ4v) is 2.91. The normalized spacial score (nSPS) is 18.7. The Morgan fingerprint density at radius 3 is 2.79 bits per heavy atom. The number of likely N-dealkylation sites (N-methyl/N-ethyl adjacent to an activating group) is 1. The second kappa shape index (κ2) is 9.43. The molecule has 3 rings (SSSR count). The Morgan fingerprint density at radius 1 is 1.42 bits per heavy atom. The van der Waals surface area contributed by atoms with Gasteiger partial charge in [0.1, 0.15) is 0 Å². The van der Waals surface area contributed by atoms with Crippen molar-refractivity contribution in [3.05, 3.63) is 35.7 Å². The highest BCUT2D eigenvalue weighted by atomic mass is 32.1. The highest BCUT2D eigenvalue weighted by Crippen LogP contribution is 2.23. The lowest BCUT2D eigenvalue weighted by atomic mass is 10.0. The van der Waals surface area contributed by atoms with Crippen LogP contribution < -0.4 is 5.32 Å². The number of hydrogen-bond donors (Lipinski definition) is 2. The first-order valence-corrected chi connectivity index (χ1v) is 7.64. The number of aromatic nitrogens is 2. The largest absolute Gasteiger partial charge is 0.392 e. The van der Waals surface area contributed by atoms with Gasteiger partial charge < -0.3 is 14.9 Å². The van der Waals surface area contributed by atoms with E-state index in [4.69, 9.17) is 4.52 Å². The summed E-state index contributed by atoms with van der Waals surface area (Å²) in [7, 11) is 1.96. The molecule has 0 saturated carbocycles. The Bertz CT molecular complexity index is 638. The summed E-state index contributed by atoms with van der Waals surface area (Å²) in [6.07, 6.45) is 0.671. The minimum atomic E-state index is -0.189. The molecule has 2 heterocycles. The van der Waals surface area contributed by atoms with E-state index in [1.165, 1.54) is 5.56 Å². The summed E-state index contributed by atoms with van der Waals surface area (Å²) in [4.78, 5) is 6.57. The number of β-amino-alcohol motifs (C(OH)–C–C–N with tert-alkyl or cyclic N) is 1. The number of benzene rings is 1. The first kappa shape index (κ1) is 21.0. The lowest BCUT2D eigenvalue weighted by Crippen LogP contribution is -2.33. The van der Waals surface area contributed by atoms with Gasteiger partial charge in [0.15, 0.2) is 0 Å². The fraction of sp³-hybridized carbons (Fsp3) is 0.500. The second-order valence-electron chi connectivity index (χ2n) is 5.81. The van der Waals surface area contributed by atoms with E-state index in [2.05, 4.69) is 32.5 Å². The van der Waals surface area contributed by atoms with Crippen molar-refractivity contribution in [3.8, 4) is 11.4 Å². The average molecular weight is 371 g/mol. The zero-order valence-corrected chi connectivity index (χ0v) is 16.0. The van der Waals surface area contributed by atoms with Gasteiger partial charge in [-0.3, -0.25) is 4.90 Å². The number of aryl methyl sites for hydroxylation is 1. The number of rotatable bonds is 5. The van der Waals surface area contributed by atoms with Crippen LogP contribution in [0.15, 0.2) is 28.8 Å². The van der Waals surface area contributed by atoms with Crippen LogP contribution >= 0.6 is 27.0 Å². The zero-order chi connectivity index (χ0) is 15.5. The Hall–Kier alpha value is -1.06. The number of aliphatic hydroxyl groups excluding tert-OH is 1. The van der Waals surface area contributed by atoms with E-state index in [0.717, 1.165) is 31.6 Å². The van der Waals surface area contributed by atoms with Crippen molar-refractivity contribution < 1.29 is 9.63 Å². The van der Waals surface area contributed by atoms with Crippen molar-refractivity contribution in [3.63, 3.8) is 0 Å². The van der Waals surface area contributed by atoms with Crippen LogP contribution in [0, 0.1) is 6.92 Å². The fourth-order valence-electron chi connectivity index (χ4n) is 2.91. The highest BCUT2D eigenvalue weighted by Gasteiger charge is 2.23. The molecular formula is C16H26N4O2S2. The number of likely N-dealkylation sites (tertiary alicyclic amines) is 1. The minimum absolute atomic E-state index is 0. The van der Waals surface area contributed by atoms with E-state index in [0.29, 0.717) is 11.7 Å². The molecule has 8 heteroatoms. The third kappa shape index (κ3) is 4.97. The molecule has 1 saturated heterocycles. The molecule has 1 fully saturated rings. The quantitative estimate of drug-likeness (QED) is 0.833. The zero-order valence-electron chi connectivity index (χ0n) is 14.0. The molecule has 2 atom stereocenters. The Morgan fingerprint density at radius 2 is 2.21 bits per heavy atom. The van der Waals surface area contributed by atoms with Gasteiger partial charge in [-0.05, 0) is 25.1 Å². The van der Waals surface area contributed by atoms with Crippen LogP contribution in [0.25, 0.3) is 11.4 Å². The van der Waals surface area contributed by atoms with Crippen LogP contribution in [0.3, 0.4) is 0 Å². The molecule has 0 aliphatic carbocycles. The van der Waals surface area contributed by atoms with Gasteiger partial charge in [0, 0.05) is 38.2 Å². The summed E-state index contributed by atoms with van der Waals surface area (Å²) >= 11 is 0. The molecule has 6 nitrogen and oxygen atoms in total. The third-order valence-electron chi connectivity index (χ3n) is 4.11. The maximum Gasteiger partial charge on any atom is 0.223 e. The molecule has 134 valence electrons. The van der Waals surface area contributed by atoms with Crippen molar-refractivity contribution in [2.75, 3.05) is 26.7 Å². The first-order chi connectivity index (χ1) is 10.7. The molecule has 2 N–H and O–H groups in total. The Kier molecular flexibility index (Phi) is 8.24. The van der Waals surface area contributed by atoms with Gasteiger partial charge in [-0.15, -0.1) is 0 Å². The smallest absolute Gasteiger partial charge is 0.223 e. The summed E-state index contributed by atoms with van der Waals surface area (Å²) in [5.41, 5.74) is 2.14. The SMILES string of the molecule is CN[C@H](CN1CC[C@@H](O)C1)c1cccc(-c2noc(C)n2)c1.S.S. The van der Waals surface area contributed by atoms with Crippen molar-refractivity contribution in [2.45, 2.75) is 25.5 Å². The minimum Gasteiger partial charge on any atom is -0.392 e. The van der Waals surface area contributed by atoms with Crippen LogP contribution in [0.4, 0.5) is 0 Å². The van der Waals surface area contributed by atoms with Crippen LogP contribution in [0.2, 0.25) is 0 Å². The third-order valence-corrected chi connectivity index (χ3v) is 4.11. The average Bonchev–Trinajstić information content (AvgIpc) is 3.13. The molecule has 0 radical (unpaired) electrons. The molecule has 0 bridgehead atoms. The molecule has 0 unspecified atom stereocenters. The maximum absolute atomic E-state index is 9.66. The number of nitrogens with one attached hydrogen (secondary N) is 1. The van der Waals surface area contributed by atoms with Gasteiger partial charge in [-0.2, -0.15) is 32.0 Å². The molecule has 24 heavy (non-hydrogen) atoms. The van der Waals surface area contributed by atoms with E-state index in [9.17, 15) is 5.11 Å². The first-order valence-electron chi connectivity index (χ1n) is 7.64.